The summed E-state index contributed by atoms with van der Waals surface area (Å²) < 4.78 is 0. The number of benzene rings is 1. The van der Waals surface area contributed by atoms with Crippen molar-refractivity contribution in [2.45, 2.75) is 32.7 Å². The molecule has 25 heavy (non-hydrogen) atoms. The lowest BCUT2D eigenvalue weighted by Gasteiger charge is -2.14. The molecule has 0 aliphatic heterocycles. The molecule has 1 aromatic carbocycles. The Hall–Kier alpha value is -2.82. The van der Waals surface area contributed by atoms with Crippen molar-refractivity contribution >= 4 is 11.8 Å². The first kappa shape index (κ1) is 17.0. The molecular formula is C20H23N3O2. The molecule has 0 radical (unpaired) electrons. The Morgan fingerprint density at radius 3 is 2.60 bits per heavy atom. The van der Waals surface area contributed by atoms with Gasteiger partial charge in [0.1, 0.15) is 0 Å². The second-order valence-electron chi connectivity index (χ2n) is 6.48. The number of aromatic nitrogens is 1. The van der Waals surface area contributed by atoms with Crippen molar-refractivity contribution in [3.8, 4) is 11.3 Å². The fourth-order valence-electron chi connectivity index (χ4n) is 2.64. The van der Waals surface area contributed by atoms with Crippen LogP contribution in [-0.4, -0.2) is 29.4 Å². The molecule has 1 aliphatic rings. The molecule has 3 rings (SSSR count). The van der Waals surface area contributed by atoms with Gasteiger partial charge in [0.15, 0.2) is 0 Å². The highest BCUT2D eigenvalue weighted by molar-refractivity contribution is 5.96. The second-order valence-corrected chi connectivity index (χ2v) is 6.48. The van der Waals surface area contributed by atoms with Crippen LogP contribution in [0.1, 0.15) is 37.0 Å². The highest BCUT2D eigenvalue weighted by atomic mass is 16.2. The molecule has 0 unspecified atom stereocenters. The molecule has 1 heterocycles. The zero-order valence-corrected chi connectivity index (χ0v) is 14.6. The van der Waals surface area contributed by atoms with Crippen LogP contribution in [-0.2, 0) is 4.79 Å². The molecular weight excluding hydrogens is 314 g/mol. The Bertz CT molecular complexity index is 799. The van der Waals surface area contributed by atoms with Gasteiger partial charge >= 0.3 is 0 Å². The fraction of sp³-hybridized carbons (Fsp3) is 0.300. The lowest BCUT2D eigenvalue weighted by molar-refractivity contribution is -0.118. The SMILES string of the molecule is CC(C(=O)N[C@H](C)CNC(=O)c1c[nH]c(-c2ccccc2)c1)=C1CC1. The van der Waals surface area contributed by atoms with Crippen LogP contribution in [0.25, 0.3) is 11.3 Å². The number of carbonyl (C=O) groups is 2. The van der Waals surface area contributed by atoms with Crippen LogP contribution in [0.15, 0.2) is 53.7 Å². The van der Waals surface area contributed by atoms with E-state index in [2.05, 4.69) is 15.6 Å². The smallest absolute Gasteiger partial charge is 0.252 e. The molecule has 5 heteroatoms. The number of amides is 2. The quantitative estimate of drug-likeness (QED) is 0.709. The maximum absolute atomic E-state index is 12.3. The van der Waals surface area contributed by atoms with Crippen molar-refractivity contribution in [3.05, 3.63) is 59.3 Å². The number of hydrogen-bond donors (Lipinski definition) is 3. The Balaban J connectivity index is 1.52. The molecule has 130 valence electrons. The standard InChI is InChI=1S/C20H23N3O2/c1-13(23-19(24)14(2)15-8-9-15)11-22-20(25)17-10-18(21-12-17)16-6-4-3-5-7-16/h3-7,10,12-13,21H,8-9,11H2,1-2H3,(H,22,25)(H,23,24)/t13-/m1/s1. The van der Waals surface area contributed by atoms with Gasteiger partial charge in [-0.1, -0.05) is 35.9 Å². The zero-order chi connectivity index (χ0) is 17.8. The van der Waals surface area contributed by atoms with Crippen LogP contribution in [0, 0.1) is 0 Å². The number of aromatic amines is 1. The summed E-state index contributed by atoms with van der Waals surface area (Å²) in [5.74, 6) is -0.195. The van der Waals surface area contributed by atoms with Gasteiger partial charge in [-0.3, -0.25) is 9.59 Å². The molecule has 1 aromatic heterocycles. The van der Waals surface area contributed by atoms with E-state index in [1.54, 1.807) is 6.20 Å². The monoisotopic (exact) mass is 337 g/mol. The van der Waals surface area contributed by atoms with E-state index in [-0.39, 0.29) is 17.9 Å². The molecule has 2 amide bonds. The minimum atomic E-state index is -0.156. The molecule has 1 saturated carbocycles. The van der Waals surface area contributed by atoms with Crippen molar-refractivity contribution in [2.75, 3.05) is 6.54 Å². The predicted octanol–water partition coefficient (Wildman–Crippen LogP) is 3.03. The number of allylic oxidation sites excluding steroid dienone is 1. The molecule has 0 bridgehead atoms. The number of H-pyrrole nitrogens is 1. The molecule has 3 N–H and O–H groups in total. The topological polar surface area (TPSA) is 74.0 Å². The normalized spacial score (nSPS) is 13.9. The first-order chi connectivity index (χ1) is 12.0. The minimum absolute atomic E-state index is 0.0396. The lowest BCUT2D eigenvalue weighted by Crippen LogP contribution is -2.42. The summed E-state index contributed by atoms with van der Waals surface area (Å²) in [6.45, 7) is 4.13. The van der Waals surface area contributed by atoms with Crippen molar-refractivity contribution < 1.29 is 9.59 Å². The van der Waals surface area contributed by atoms with Crippen LogP contribution in [0.3, 0.4) is 0 Å². The van der Waals surface area contributed by atoms with Gasteiger partial charge in [0, 0.05) is 30.1 Å². The summed E-state index contributed by atoms with van der Waals surface area (Å²) in [6, 6.07) is 11.5. The summed E-state index contributed by atoms with van der Waals surface area (Å²) >= 11 is 0. The number of nitrogens with one attached hydrogen (secondary N) is 3. The largest absolute Gasteiger partial charge is 0.360 e. The predicted molar refractivity (Wildman–Crippen MR) is 98.1 cm³/mol. The second kappa shape index (κ2) is 7.38. The van der Waals surface area contributed by atoms with Crippen molar-refractivity contribution in [1.82, 2.24) is 15.6 Å². The molecule has 0 spiro atoms. The summed E-state index contributed by atoms with van der Waals surface area (Å²) in [5.41, 5.74) is 4.56. The number of rotatable bonds is 6. The average molecular weight is 337 g/mol. The zero-order valence-electron chi connectivity index (χ0n) is 14.6. The molecule has 0 saturated heterocycles. The Kier molecular flexibility index (Phi) is 5.03. The summed E-state index contributed by atoms with van der Waals surface area (Å²) in [6.07, 6.45) is 3.76. The van der Waals surface area contributed by atoms with Gasteiger partial charge < -0.3 is 15.6 Å². The molecule has 1 fully saturated rings. The van der Waals surface area contributed by atoms with Crippen LogP contribution in [0.4, 0.5) is 0 Å². The first-order valence-electron chi connectivity index (χ1n) is 8.56. The maximum Gasteiger partial charge on any atom is 0.252 e. The number of carbonyl (C=O) groups excluding carboxylic acids is 2. The molecule has 1 aliphatic carbocycles. The molecule has 5 nitrogen and oxygen atoms in total. The third-order valence-electron chi connectivity index (χ3n) is 4.35. The van der Waals surface area contributed by atoms with E-state index in [0.29, 0.717) is 12.1 Å². The van der Waals surface area contributed by atoms with E-state index >= 15 is 0 Å². The Morgan fingerprint density at radius 1 is 1.20 bits per heavy atom. The summed E-state index contributed by atoms with van der Waals surface area (Å²) in [7, 11) is 0. The maximum atomic E-state index is 12.3. The summed E-state index contributed by atoms with van der Waals surface area (Å²) in [5, 5.41) is 5.78. The van der Waals surface area contributed by atoms with Gasteiger partial charge in [0.2, 0.25) is 5.91 Å². The Labute approximate surface area is 147 Å². The fourth-order valence-corrected chi connectivity index (χ4v) is 2.64. The van der Waals surface area contributed by atoms with E-state index in [0.717, 1.165) is 29.7 Å². The molecule has 2 aromatic rings. The third-order valence-corrected chi connectivity index (χ3v) is 4.35. The van der Waals surface area contributed by atoms with Crippen LogP contribution in [0.5, 0.6) is 0 Å². The highest BCUT2D eigenvalue weighted by Crippen LogP contribution is 2.31. The Morgan fingerprint density at radius 2 is 1.92 bits per heavy atom. The average Bonchev–Trinajstić information content (AvgIpc) is 3.36. The third kappa shape index (κ3) is 4.38. The van der Waals surface area contributed by atoms with E-state index in [1.807, 2.05) is 50.2 Å². The minimum Gasteiger partial charge on any atom is -0.360 e. The van der Waals surface area contributed by atoms with Crippen molar-refractivity contribution in [3.63, 3.8) is 0 Å². The van der Waals surface area contributed by atoms with Gasteiger partial charge in [-0.25, -0.2) is 0 Å². The van der Waals surface area contributed by atoms with Crippen LogP contribution in [0.2, 0.25) is 0 Å². The van der Waals surface area contributed by atoms with Gasteiger partial charge in [-0.05, 0) is 38.3 Å². The van der Waals surface area contributed by atoms with Crippen molar-refractivity contribution in [1.29, 1.82) is 0 Å². The van der Waals surface area contributed by atoms with E-state index in [4.69, 9.17) is 0 Å². The summed E-state index contributed by atoms with van der Waals surface area (Å²) in [4.78, 5) is 27.4. The number of hydrogen-bond acceptors (Lipinski definition) is 2. The van der Waals surface area contributed by atoms with Crippen LogP contribution < -0.4 is 10.6 Å². The molecule has 1 atom stereocenters. The van der Waals surface area contributed by atoms with Gasteiger partial charge in [-0.2, -0.15) is 0 Å². The van der Waals surface area contributed by atoms with E-state index in [1.165, 1.54) is 5.57 Å². The van der Waals surface area contributed by atoms with E-state index < -0.39 is 0 Å². The van der Waals surface area contributed by atoms with Gasteiger partial charge in [-0.15, -0.1) is 0 Å². The van der Waals surface area contributed by atoms with Crippen LogP contribution >= 0.6 is 0 Å². The van der Waals surface area contributed by atoms with Crippen molar-refractivity contribution in [2.24, 2.45) is 0 Å². The van der Waals surface area contributed by atoms with E-state index in [9.17, 15) is 9.59 Å². The first-order valence-corrected chi connectivity index (χ1v) is 8.56. The lowest BCUT2D eigenvalue weighted by atomic mass is 10.1. The highest BCUT2D eigenvalue weighted by Gasteiger charge is 2.20. The van der Waals surface area contributed by atoms with Gasteiger partial charge in [0.05, 0.1) is 5.56 Å². The van der Waals surface area contributed by atoms with Gasteiger partial charge in [0.25, 0.3) is 5.91 Å².